The number of aromatic nitrogens is 4. The van der Waals surface area contributed by atoms with Crippen LogP contribution in [-0.4, -0.2) is 20.0 Å². The van der Waals surface area contributed by atoms with E-state index in [1.54, 1.807) is 10.9 Å². The largest absolute Gasteiger partial charge is 0.419 e. The Labute approximate surface area is 110 Å². The standard InChI is InChI=1S/C13H13N5O/c1-18-9-11(7-15-18)14-8-12-16-17-13(19-12)10-5-3-2-4-6-10/h2-7,9,14H,8H2,1H3. The van der Waals surface area contributed by atoms with E-state index in [2.05, 4.69) is 20.6 Å². The quantitative estimate of drug-likeness (QED) is 0.773. The molecule has 2 aromatic heterocycles. The Bertz CT molecular complexity index is 658. The Morgan fingerprint density at radius 2 is 2.05 bits per heavy atom. The van der Waals surface area contributed by atoms with Crippen molar-refractivity contribution in [3.8, 4) is 11.5 Å². The van der Waals surface area contributed by atoms with Crippen molar-refractivity contribution in [1.29, 1.82) is 0 Å². The number of rotatable bonds is 4. The molecule has 0 atom stereocenters. The third kappa shape index (κ3) is 2.62. The molecule has 6 heteroatoms. The zero-order valence-electron chi connectivity index (χ0n) is 10.4. The van der Waals surface area contributed by atoms with Gasteiger partial charge in [-0.05, 0) is 12.1 Å². The highest BCUT2D eigenvalue weighted by Gasteiger charge is 2.07. The highest BCUT2D eigenvalue weighted by Crippen LogP contribution is 2.17. The molecule has 0 saturated heterocycles. The molecule has 1 N–H and O–H groups in total. The molecule has 0 spiro atoms. The van der Waals surface area contributed by atoms with Crippen molar-refractivity contribution in [3.05, 3.63) is 48.6 Å². The molecule has 96 valence electrons. The number of benzene rings is 1. The molecule has 0 unspecified atom stereocenters. The molecule has 0 radical (unpaired) electrons. The van der Waals surface area contributed by atoms with Crippen LogP contribution in [0.1, 0.15) is 5.89 Å². The van der Waals surface area contributed by atoms with Crippen LogP contribution < -0.4 is 5.32 Å². The van der Waals surface area contributed by atoms with E-state index in [0.717, 1.165) is 11.3 Å². The van der Waals surface area contributed by atoms with Gasteiger partial charge in [-0.1, -0.05) is 18.2 Å². The fraction of sp³-hybridized carbons (Fsp3) is 0.154. The van der Waals surface area contributed by atoms with Gasteiger partial charge in [-0.15, -0.1) is 10.2 Å². The lowest BCUT2D eigenvalue weighted by atomic mass is 10.2. The minimum absolute atomic E-state index is 0.478. The molecule has 0 bridgehead atoms. The van der Waals surface area contributed by atoms with Crippen LogP contribution in [0, 0.1) is 0 Å². The van der Waals surface area contributed by atoms with Crippen molar-refractivity contribution >= 4 is 5.69 Å². The Hall–Kier alpha value is -2.63. The van der Waals surface area contributed by atoms with Crippen molar-refractivity contribution in [3.63, 3.8) is 0 Å². The number of nitrogens with zero attached hydrogens (tertiary/aromatic N) is 4. The first kappa shape index (κ1) is 11.5. The third-order valence-corrected chi connectivity index (χ3v) is 2.64. The van der Waals surface area contributed by atoms with Gasteiger partial charge in [0.2, 0.25) is 11.8 Å². The van der Waals surface area contributed by atoms with Crippen LogP contribution in [0.25, 0.3) is 11.5 Å². The van der Waals surface area contributed by atoms with E-state index in [-0.39, 0.29) is 0 Å². The molecule has 0 fully saturated rings. The molecule has 0 amide bonds. The smallest absolute Gasteiger partial charge is 0.247 e. The van der Waals surface area contributed by atoms with E-state index in [4.69, 9.17) is 4.42 Å². The molecule has 0 aliphatic heterocycles. The van der Waals surface area contributed by atoms with Gasteiger partial charge in [0.25, 0.3) is 0 Å². The lowest BCUT2D eigenvalue weighted by molar-refractivity contribution is 0.515. The Kier molecular flexibility index (Phi) is 2.97. The number of nitrogens with one attached hydrogen (secondary N) is 1. The van der Waals surface area contributed by atoms with Gasteiger partial charge in [0, 0.05) is 18.8 Å². The lowest BCUT2D eigenvalue weighted by Crippen LogP contribution is -1.98. The van der Waals surface area contributed by atoms with Gasteiger partial charge in [0.05, 0.1) is 18.4 Å². The maximum absolute atomic E-state index is 5.59. The van der Waals surface area contributed by atoms with Gasteiger partial charge in [0.15, 0.2) is 0 Å². The first-order valence-corrected chi connectivity index (χ1v) is 5.91. The van der Waals surface area contributed by atoms with Gasteiger partial charge in [0.1, 0.15) is 0 Å². The van der Waals surface area contributed by atoms with E-state index in [1.807, 2.05) is 43.6 Å². The van der Waals surface area contributed by atoms with Crippen molar-refractivity contribution in [2.24, 2.45) is 7.05 Å². The van der Waals surface area contributed by atoms with E-state index in [1.165, 1.54) is 0 Å². The highest BCUT2D eigenvalue weighted by molar-refractivity contribution is 5.51. The van der Waals surface area contributed by atoms with Gasteiger partial charge in [-0.25, -0.2) is 0 Å². The summed E-state index contributed by atoms with van der Waals surface area (Å²) in [6, 6.07) is 9.70. The summed E-state index contributed by atoms with van der Waals surface area (Å²) in [5, 5.41) is 15.3. The fourth-order valence-electron chi connectivity index (χ4n) is 1.71. The van der Waals surface area contributed by atoms with Gasteiger partial charge in [-0.3, -0.25) is 4.68 Å². The summed E-state index contributed by atoms with van der Waals surface area (Å²) in [5.41, 5.74) is 1.84. The van der Waals surface area contributed by atoms with E-state index >= 15 is 0 Å². The van der Waals surface area contributed by atoms with Crippen LogP contribution in [0.15, 0.2) is 47.1 Å². The van der Waals surface area contributed by atoms with Gasteiger partial charge in [-0.2, -0.15) is 5.10 Å². The van der Waals surface area contributed by atoms with E-state index in [0.29, 0.717) is 18.3 Å². The second kappa shape index (κ2) is 4.93. The monoisotopic (exact) mass is 255 g/mol. The van der Waals surface area contributed by atoms with Crippen LogP contribution in [-0.2, 0) is 13.6 Å². The molecule has 6 nitrogen and oxygen atoms in total. The molecule has 3 rings (SSSR count). The summed E-state index contributed by atoms with van der Waals surface area (Å²) >= 11 is 0. The third-order valence-electron chi connectivity index (χ3n) is 2.64. The molecule has 3 aromatic rings. The molecule has 0 aliphatic rings. The summed E-state index contributed by atoms with van der Waals surface area (Å²) in [4.78, 5) is 0. The number of aryl methyl sites for hydroxylation is 1. The number of anilines is 1. The summed E-state index contributed by atoms with van der Waals surface area (Å²) < 4.78 is 7.31. The van der Waals surface area contributed by atoms with Crippen LogP contribution in [0.5, 0.6) is 0 Å². The van der Waals surface area contributed by atoms with E-state index in [9.17, 15) is 0 Å². The second-order valence-electron chi connectivity index (χ2n) is 4.12. The van der Waals surface area contributed by atoms with Gasteiger partial charge >= 0.3 is 0 Å². The summed E-state index contributed by atoms with van der Waals surface area (Å²) in [6.07, 6.45) is 3.63. The summed E-state index contributed by atoms with van der Waals surface area (Å²) in [7, 11) is 1.87. The maximum atomic E-state index is 5.59. The predicted octanol–water partition coefficient (Wildman–Crippen LogP) is 2.08. The average molecular weight is 255 g/mol. The predicted molar refractivity (Wildman–Crippen MR) is 70.3 cm³/mol. The van der Waals surface area contributed by atoms with Gasteiger partial charge < -0.3 is 9.73 Å². The summed E-state index contributed by atoms with van der Waals surface area (Å²) in [6.45, 7) is 0.478. The Balaban J connectivity index is 1.68. The van der Waals surface area contributed by atoms with Crippen LogP contribution in [0.4, 0.5) is 5.69 Å². The first-order valence-electron chi connectivity index (χ1n) is 5.91. The average Bonchev–Trinajstić information content (AvgIpc) is 3.06. The van der Waals surface area contributed by atoms with Crippen molar-refractivity contribution in [2.75, 3.05) is 5.32 Å². The van der Waals surface area contributed by atoms with Crippen LogP contribution in [0.3, 0.4) is 0 Å². The molecular weight excluding hydrogens is 242 g/mol. The highest BCUT2D eigenvalue weighted by atomic mass is 16.4. The second-order valence-corrected chi connectivity index (χ2v) is 4.12. The van der Waals surface area contributed by atoms with Crippen LogP contribution in [0.2, 0.25) is 0 Å². The van der Waals surface area contributed by atoms with E-state index < -0.39 is 0 Å². The van der Waals surface area contributed by atoms with Crippen molar-refractivity contribution in [1.82, 2.24) is 20.0 Å². The SMILES string of the molecule is Cn1cc(NCc2nnc(-c3ccccc3)o2)cn1. The summed E-state index contributed by atoms with van der Waals surface area (Å²) in [5.74, 6) is 1.08. The molecular formula is C13H13N5O. The Morgan fingerprint density at radius 3 is 2.79 bits per heavy atom. The number of hydrogen-bond donors (Lipinski definition) is 1. The first-order chi connectivity index (χ1) is 9.31. The minimum atomic E-state index is 0.478. The zero-order chi connectivity index (χ0) is 13.1. The van der Waals surface area contributed by atoms with Crippen molar-refractivity contribution in [2.45, 2.75) is 6.54 Å². The molecule has 19 heavy (non-hydrogen) atoms. The Morgan fingerprint density at radius 1 is 1.21 bits per heavy atom. The normalized spacial score (nSPS) is 10.6. The zero-order valence-corrected chi connectivity index (χ0v) is 10.4. The lowest BCUT2D eigenvalue weighted by Gasteiger charge is -1.97. The molecule has 1 aromatic carbocycles. The topological polar surface area (TPSA) is 68.8 Å². The van der Waals surface area contributed by atoms with Crippen molar-refractivity contribution < 1.29 is 4.42 Å². The number of hydrogen-bond acceptors (Lipinski definition) is 5. The molecule has 0 saturated carbocycles. The maximum Gasteiger partial charge on any atom is 0.247 e. The van der Waals surface area contributed by atoms with Crippen LogP contribution >= 0.6 is 0 Å². The molecule has 0 aliphatic carbocycles. The molecule has 2 heterocycles. The fourth-order valence-corrected chi connectivity index (χ4v) is 1.71. The minimum Gasteiger partial charge on any atom is -0.419 e.